The van der Waals surface area contributed by atoms with Crippen LogP contribution in [0.5, 0.6) is 0 Å². The zero-order valence-electron chi connectivity index (χ0n) is 31.5. The molecular weight excluding hydrogens is 626 g/mol. The Morgan fingerprint density at radius 3 is 2.36 bits per heavy atom. The van der Waals surface area contributed by atoms with Crippen molar-refractivity contribution in [3.8, 4) is 0 Å². The maximum absolute atomic E-state index is 13.8. The van der Waals surface area contributed by atoms with Gasteiger partial charge in [0.15, 0.2) is 0 Å². The SMILES string of the molecule is CCCCCCC(=O)N[C@@H](Cc1ccccc1)C(=O)N[C@@H](CC(C)C)C(=O)NC[C@@]1(O)CC[C@@]2(C)C(CCC3C2CC[C@]2(C)C(=O)CCC32)C1. The second-order valence-electron chi connectivity index (χ2n) is 17.5. The summed E-state index contributed by atoms with van der Waals surface area (Å²) in [6.07, 6.45) is 13.4. The molecule has 3 amide bonds. The number of carbonyl (C=O) groups is 4. The predicted octanol–water partition coefficient (Wildman–Crippen LogP) is 6.67. The summed E-state index contributed by atoms with van der Waals surface area (Å²) in [5, 5.41) is 20.9. The van der Waals surface area contributed by atoms with E-state index >= 15 is 0 Å². The van der Waals surface area contributed by atoms with E-state index in [0.29, 0.717) is 61.6 Å². The van der Waals surface area contributed by atoms with E-state index in [1.807, 2.05) is 44.2 Å². The number of rotatable bonds is 15. The summed E-state index contributed by atoms with van der Waals surface area (Å²) in [7, 11) is 0. The lowest BCUT2D eigenvalue weighted by atomic mass is 9.44. The number of ketones is 1. The zero-order valence-corrected chi connectivity index (χ0v) is 31.5. The average Bonchev–Trinajstić information content (AvgIpc) is 3.39. The fourth-order valence-corrected chi connectivity index (χ4v) is 10.6. The summed E-state index contributed by atoms with van der Waals surface area (Å²) in [4.78, 5) is 53.2. The molecule has 0 aliphatic heterocycles. The highest BCUT2D eigenvalue weighted by molar-refractivity contribution is 5.92. The van der Waals surface area contributed by atoms with Crippen LogP contribution in [-0.2, 0) is 25.6 Å². The third-order valence-electron chi connectivity index (χ3n) is 13.7. The number of fused-ring (bicyclic) bond motifs is 5. The van der Waals surface area contributed by atoms with Crippen molar-refractivity contribution in [3.63, 3.8) is 0 Å². The van der Waals surface area contributed by atoms with Crippen LogP contribution in [0.1, 0.15) is 136 Å². The molecule has 4 aliphatic carbocycles. The van der Waals surface area contributed by atoms with Gasteiger partial charge in [-0.2, -0.15) is 0 Å². The summed E-state index contributed by atoms with van der Waals surface area (Å²) in [5.74, 6) is 1.90. The first-order valence-corrected chi connectivity index (χ1v) is 19.9. The van der Waals surface area contributed by atoms with Crippen LogP contribution in [0.2, 0.25) is 0 Å². The highest BCUT2D eigenvalue weighted by Gasteiger charge is 2.61. The Kier molecular flexibility index (Phi) is 12.5. The van der Waals surface area contributed by atoms with Gasteiger partial charge in [0.25, 0.3) is 0 Å². The first kappa shape index (κ1) is 38.5. The van der Waals surface area contributed by atoms with Gasteiger partial charge < -0.3 is 21.1 Å². The van der Waals surface area contributed by atoms with Gasteiger partial charge in [-0.15, -0.1) is 0 Å². The van der Waals surface area contributed by atoms with Crippen LogP contribution in [0.4, 0.5) is 0 Å². The first-order valence-electron chi connectivity index (χ1n) is 19.9. The van der Waals surface area contributed by atoms with E-state index in [4.69, 9.17) is 0 Å². The van der Waals surface area contributed by atoms with Gasteiger partial charge in [-0.1, -0.05) is 84.2 Å². The minimum absolute atomic E-state index is 0.132. The van der Waals surface area contributed by atoms with Crippen molar-refractivity contribution in [1.82, 2.24) is 16.0 Å². The number of nitrogens with one attached hydrogen (secondary N) is 3. The molecule has 4 unspecified atom stereocenters. The smallest absolute Gasteiger partial charge is 0.243 e. The number of aliphatic hydroxyl groups is 1. The van der Waals surface area contributed by atoms with E-state index in [2.05, 4.69) is 36.7 Å². The standard InChI is InChI=1S/C42H65N3O5/c1-6-7-8-12-15-37(47)44-35(25-29-13-10-9-11-14-29)39(49)45-34(24-28(2)3)38(48)43-27-42(50)23-22-40(4)30(26-42)16-17-31-32-18-19-36(46)41(32,5)21-20-33(31)40/h9-11,13-14,28,30-35,50H,6-8,12,15-27H2,1-5H3,(H,43,48)(H,44,47)(H,45,49)/t30?,31?,32?,33?,34-,35-,40-,41-,42+/m0/s1. The van der Waals surface area contributed by atoms with Crippen molar-refractivity contribution in [1.29, 1.82) is 0 Å². The topological polar surface area (TPSA) is 125 Å². The molecule has 0 radical (unpaired) electrons. The maximum atomic E-state index is 13.8. The van der Waals surface area contributed by atoms with Crippen LogP contribution in [0.15, 0.2) is 30.3 Å². The van der Waals surface area contributed by atoms with E-state index in [1.54, 1.807) is 0 Å². The molecule has 50 heavy (non-hydrogen) atoms. The van der Waals surface area contributed by atoms with Gasteiger partial charge in [-0.05, 0) is 105 Å². The quantitative estimate of drug-likeness (QED) is 0.153. The Hall–Kier alpha value is -2.74. The fourth-order valence-electron chi connectivity index (χ4n) is 10.6. The van der Waals surface area contributed by atoms with Gasteiger partial charge in [-0.3, -0.25) is 19.2 Å². The highest BCUT2D eigenvalue weighted by Crippen LogP contribution is 2.66. The molecule has 8 heteroatoms. The van der Waals surface area contributed by atoms with E-state index in [1.165, 1.54) is 0 Å². The second kappa shape index (κ2) is 16.3. The number of amides is 3. The average molecular weight is 692 g/mol. The molecule has 0 heterocycles. The monoisotopic (exact) mass is 691 g/mol. The molecule has 4 fully saturated rings. The van der Waals surface area contributed by atoms with Crippen molar-refractivity contribution < 1.29 is 24.3 Å². The Labute approximate surface area is 301 Å². The molecule has 0 spiro atoms. The van der Waals surface area contributed by atoms with Crippen LogP contribution in [0, 0.1) is 40.4 Å². The second-order valence-corrected chi connectivity index (χ2v) is 17.5. The summed E-state index contributed by atoms with van der Waals surface area (Å²) in [5.41, 5.74) is -0.0435. The minimum Gasteiger partial charge on any atom is -0.388 e. The number of hydrogen-bond acceptors (Lipinski definition) is 5. The van der Waals surface area contributed by atoms with E-state index < -0.39 is 17.7 Å². The number of carbonyl (C=O) groups excluding carboxylic acids is 4. The minimum atomic E-state index is -0.993. The summed E-state index contributed by atoms with van der Waals surface area (Å²) >= 11 is 0. The number of benzene rings is 1. The fraction of sp³-hybridized carbons (Fsp3) is 0.762. The Morgan fingerprint density at radius 2 is 1.64 bits per heavy atom. The molecule has 8 nitrogen and oxygen atoms in total. The summed E-state index contributed by atoms with van der Waals surface area (Å²) in [6, 6.07) is 8.06. The predicted molar refractivity (Wildman–Crippen MR) is 197 cm³/mol. The number of hydrogen-bond donors (Lipinski definition) is 4. The van der Waals surface area contributed by atoms with Crippen LogP contribution < -0.4 is 16.0 Å². The molecule has 9 atom stereocenters. The normalized spacial score (nSPS) is 33.1. The van der Waals surface area contributed by atoms with Gasteiger partial charge in [-0.25, -0.2) is 0 Å². The van der Waals surface area contributed by atoms with Gasteiger partial charge in [0.2, 0.25) is 17.7 Å². The molecule has 1 aromatic rings. The van der Waals surface area contributed by atoms with E-state index in [9.17, 15) is 24.3 Å². The molecule has 4 aliphatic rings. The van der Waals surface area contributed by atoms with Crippen molar-refractivity contribution in [3.05, 3.63) is 35.9 Å². The molecule has 4 saturated carbocycles. The summed E-state index contributed by atoms with van der Waals surface area (Å²) in [6.45, 7) is 11.0. The van der Waals surface area contributed by atoms with Gasteiger partial charge in [0, 0.05) is 31.2 Å². The van der Waals surface area contributed by atoms with Crippen molar-refractivity contribution in [2.24, 2.45) is 40.4 Å². The summed E-state index contributed by atoms with van der Waals surface area (Å²) < 4.78 is 0. The number of Topliss-reactive ketones (excluding diaryl/α,β-unsaturated/α-hetero) is 1. The van der Waals surface area contributed by atoms with Crippen LogP contribution in [-0.4, -0.2) is 52.8 Å². The molecule has 1 aromatic carbocycles. The molecule has 0 aromatic heterocycles. The van der Waals surface area contributed by atoms with E-state index in [-0.39, 0.29) is 41.0 Å². The number of unbranched alkanes of at least 4 members (excludes halogenated alkanes) is 3. The zero-order chi connectivity index (χ0) is 36.1. The lowest BCUT2D eigenvalue weighted by Gasteiger charge is -2.61. The van der Waals surface area contributed by atoms with Crippen LogP contribution in [0.25, 0.3) is 0 Å². The van der Waals surface area contributed by atoms with Gasteiger partial charge in [0.05, 0.1) is 5.60 Å². The Morgan fingerprint density at radius 1 is 0.880 bits per heavy atom. The van der Waals surface area contributed by atoms with Gasteiger partial charge >= 0.3 is 0 Å². The maximum Gasteiger partial charge on any atom is 0.243 e. The van der Waals surface area contributed by atoms with E-state index in [0.717, 1.165) is 76.2 Å². The van der Waals surface area contributed by atoms with Gasteiger partial charge in [0.1, 0.15) is 17.9 Å². The molecular formula is C42H65N3O5. The molecule has 0 saturated heterocycles. The molecule has 0 bridgehead atoms. The van der Waals surface area contributed by atoms with Crippen molar-refractivity contribution in [2.75, 3.05) is 6.54 Å². The van der Waals surface area contributed by atoms with Crippen LogP contribution >= 0.6 is 0 Å². The third-order valence-corrected chi connectivity index (χ3v) is 13.7. The largest absolute Gasteiger partial charge is 0.388 e. The molecule has 5 rings (SSSR count). The third kappa shape index (κ3) is 8.65. The van der Waals surface area contributed by atoms with Crippen molar-refractivity contribution in [2.45, 2.75) is 155 Å². The lowest BCUT2D eigenvalue weighted by Crippen LogP contribution is -2.59. The lowest BCUT2D eigenvalue weighted by molar-refractivity contribution is -0.154. The first-order chi connectivity index (χ1) is 23.8. The van der Waals surface area contributed by atoms with Crippen LogP contribution in [0.3, 0.4) is 0 Å². The van der Waals surface area contributed by atoms with Crippen molar-refractivity contribution >= 4 is 23.5 Å². The Balaban J connectivity index is 1.20. The highest BCUT2D eigenvalue weighted by atomic mass is 16.3. The molecule has 4 N–H and O–H groups in total. The molecule has 278 valence electrons. The Bertz CT molecular complexity index is 1350.